The Kier molecular flexibility index (Phi) is 4.08. The minimum absolute atomic E-state index is 0.140. The SMILES string of the molecule is O=C(O)NCc1ccc(Cn2c(=O)[nH]c3ccccc32)cc1Cl. The minimum Gasteiger partial charge on any atom is -0.465 e. The molecular weight excluding hydrogens is 318 g/mol. The lowest BCUT2D eigenvalue weighted by molar-refractivity contribution is 0.194. The number of benzene rings is 2. The molecule has 3 rings (SSSR count). The van der Waals surface area contributed by atoms with Gasteiger partial charge in [0, 0.05) is 11.6 Å². The number of H-pyrrole nitrogens is 1. The van der Waals surface area contributed by atoms with Gasteiger partial charge in [-0.1, -0.05) is 35.9 Å². The first-order chi connectivity index (χ1) is 11.0. The summed E-state index contributed by atoms with van der Waals surface area (Å²) in [4.78, 5) is 25.4. The summed E-state index contributed by atoms with van der Waals surface area (Å²) in [6.45, 7) is 0.524. The van der Waals surface area contributed by atoms with Gasteiger partial charge in [-0.05, 0) is 29.3 Å². The van der Waals surface area contributed by atoms with Crippen LogP contribution in [0.4, 0.5) is 4.79 Å². The summed E-state index contributed by atoms with van der Waals surface area (Å²) >= 11 is 6.18. The number of carbonyl (C=O) groups is 1. The number of carboxylic acid groups (broad SMARTS) is 1. The summed E-state index contributed by atoms with van der Waals surface area (Å²) < 4.78 is 1.64. The summed E-state index contributed by atoms with van der Waals surface area (Å²) in [5.74, 6) is 0. The molecule has 6 nitrogen and oxygen atoms in total. The zero-order valence-electron chi connectivity index (χ0n) is 12.0. The highest BCUT2D eigenvalue weighted by atomic mass is 35.5. The number of nitrogens with zero attached hydrogens (tertiary/aromatic N) is 1. The fourth-order valence-corrected chi connectivity index (χ4v) is 2.72. The summed E-state index contributed by atoms with van der Waals surface area (Å²) in [6.07, 6.45) is -1.10. The van der Waals surface area contributed by atoms with Gasteiger partial charge >= 0.3 is 11.8 Å². The molecule has 0 radical (unpaired) electrons. The van der Waals surface area contributed by atoms with Crippen LogP contribution in [0.15, 0.2) is 47.3 Å². The molecule has 3 N–H and O–H groups in total. The molecule has 0 fully saturated rings. The third kappa shape index (κ3) is 3.22. The van der Waals surface area contributed by atoms with Crippen LogP contribution in [-0.4, -0.2) is 20.8 Å². The van der Waals surface area contributed by atoms with Gasteiger partial charge in [0.2, 0.25) is 0 Å². The van der Waals surface area contributed by atoms with Gasteiger partial charge in [-0.3, -0.25) is 4.57 Å². The summed E-state index contributed by atoms with van der Waals surface area (Å²) in [5, 5.41) is 11.4. The molecule has 7 heteroatoms. The lowest BCUT2D eigenvalue weighted by Gasteiger charge is -2.08. The highest BCUT2D eigenvalue weighted by molar-refractivity contribution is 6.31. The number of imidazole rings is 1. The van der Waals surface area contributed by atoms with Crippen LogP contribution in [0.5, 0.6) is 0 Å². The van der Waals surface area contributed by atoms with Gasteiger partial charge in [0.15, 0.2) is 0 Å². The number of rotatable bonds is 4. The van der Waals surface area contributed by atoms with E-state index in [1.54, 1.807) is 16.7 Å². The fraction of sp³-hybridized carbons (Fsp3) is 0.125. The topological polar surface area (TPSA) is 87.1 Å². The molecule has 0 aliphatic carbocycles. The average Bonchev–Trinajstić information content (AvgIpc) is 2.82. The van der Waals surface area contributed by atoms with Crippen LogP contribution in [0.2, 0.25) is 5.02 Å². The standard InChI is InChI=1S/C16H14ClN3O3/c17-12-7-10(5-6-11(12)8-18-16(22)23)9-20-14-4-2-1-3-13(14)19-15(20)21/h1-7,18H,8-9H2,(H,19,21)(H,22,23). The molecular formula is C16H14ClN3O3. The van der Waals surface area contributed by atoms with E-state index in [1.165, 1.54) is 0 Å². The van der Waals surface area contributed by atoms with Gasteiger partial charge in [-0.15, -0.1) is 0 Å². The maximum atomic E-state index is 12.1. The highest BCUT2D eigenvalue weighted by Crippen LogP contribution is 2.19. The molecule has 118 valence electrons. The average molecular weight is 332 g/mol. The second-order valence-corrected chi connectivity index (χ2v) is 5.53. The molecule has 0 unspecified atom stereocenters. The zero-order valence-corrected chi connectivity index (χ0v) is 12.8. The van der Waals surface area contributed by atoms with Crippen molar-refractivity contribution in [2.45, 2.75) is 13.1 Å². The molecule has 1 amide bonds. The fourth-order valence-electron chi connectivity index (χ4n) is 2.45. The highest BCUT2D eigenvalue weighted by Gasteiger charge is 2.08. The predicted octanol–water partition coefficient (Wildman–Crippen LogP) is 2.80. The Balaban J connectivity index is 1.88. The van der Waals surface area contributed by atoms with Crippen molar-refractivity contribution in [1.29, 1.82) is 0 Å². The molecule has 0 spiro atoms. The van der Waals surface area contributed by atoms with Crippen molar-refractivity contribution >= 4 is 28.7 Å². The van der Waals surface area contributed by atoms with Gasteiger partial charge in [-0.2, -0.15) is 0 Å². The van der Waals surface area contributed by atoms with E-state index in [-0.39, 0.29) is 12.2 Å². The van der Waals surface area contributed by atoms with Crippen molar-refractivity contribution in [3.63, 3.8) is 0 Å². The smallest absolute Gasteiger partial charge is 0.404 e. The molecule has 0 aliphatic heterocycles. The van der Waals surface area contributed by atoms with E-state index in [4.69, 9.17) is 16.7 Å². The quantitative estimate of drug-likeness (QED) is 0.687. The first-order valence-corrected chi connectivity index (χ1v) is 7.34. The van der Waals surface area contributed by atoms with Gasteiger partial charge in [0.1, 0.15) is 0 Å². The second kappa shape index (κ2) is 6.18. The van der Waals surface area contributed by atoms with Gasteiger partial charge < -0.3 is 15.4 Å². The third-order valence-electron chi connectivity index (χ3n) is 3.57. The molecule has 0 bridgehead atoms. The van der Waals surface area contributed by atoms with Crippen LogP contribution in [0.3, 0.4) is 0 Å². The number of halogens is 1. The van der Waals surface area contributed by atoms with E-state index in [1.807, 2.05) is 30.3 Å². The van der Waals surface area contributed by atoms with Crippen molar-refractivity contribution in [3.05, 3.63) is 69.1 Å². The number of amides is 1. The lowest BCUT2D eigenvalue weighted by Crippen LogP contribution is -2.20. The Morgan fingerprint density at radius 1 is 1.26 bits per heavy atom. The van der Waals surface area contributed by atoms with E-state index in [0.717, 1.165) is 16.6 Å². The monoisotopic (exact) mass is 331 g/mol. The number of hydrogen-bond donors (Lipinski definition) is 3. The maximum absolute atomic E-state index is 12.1. The van der Waals surface area contributed by atoms with Gasteiger partial charge in [0.25, 0.3) is 0 Å². The molecule has 23 heavy (non-hydrogen) atoms. The zero-order chi connectivity index (χ0) is 16.4. The molecule has 0 saturated heterocycles. The summed E-state index contributed by atoms with van der Waals surface area (Å²) in [7, 11) is 0. The minimum atomic E-state index is -1.10. The van der Waals surface area contributed by atoms with Crippen molar-refractivity contribution in [1.82, 2.24) is 14.9 Å². The summed E-state index contributed by atoms with van der Waals surface area (Å²) in [6, 6.07) is 12.8. The first kappa shape index (κ1) is 15.2. The Hall–Kier alpha value is -2.73. The molecule has 0 atom stereocenters. The Morgan fingerprint density at radius 2 is 2.04 bits per heavy atom. The third-order valence-corrected chi connectivity index (χ3v) is 3.92. The van der Waals surface area contributed by atoms with Crippen LogP contribution in [-0.2, 0) is 13.1 Å². The largest absolute Gasteiger partial charge is 0.465 e. The van der Waals surface area contributed by atoms with Crippen molar-refractivity contribution < 1.29 is 9.90 Å². The number of aromatic amines is 1. The molecule has 2 aromatic carbocycles. The van der Waals surface area contributed by atoms with E-state index < -0.39 is 6.09 Å². The van der Waals surface area contributed by atoms with Crippen molar-refractivity contribution in [2.75, 3.05) is 0 Å². The lowest BCUT2D eigenvalue weighted by atomic mass is 10.1. The maximum Gasteiger partial charge on any atom is 0.404 e. The summed E-state index contributed by atoms with van der Waals surface area (Å²) in [5.41, 5.74) is 2.97. The molecule has 3 aromatic rings. The first-order valence-electron chi connectivity index (χ1n) is 6.96. The van der Waals surface area contributed by atoms with E-state index >= 15 is 0 Å². The molecule has 0 aliphatic rings. The number of nitrogens with one attached hydrogen (secondary N) is 2. The van der Waals surface area contributed by atoms with Crippen LogP contribution in [0.25, 0.3) is 11.0 Å². The molecule has 1 heterocycles. The van der Waals surface area contributed by atoms with E-state index in [2.05, 4.69) is 10.3 Å². The predicted molar refractivity (Wildman–Crippen MR) is 88.0 cm³/mol. The van der Waals surface area contributed by atoms with Crippen LogP contribution >= 0.6 is 11.6 Å². The van der Waals surface area contributed by atoms with Crippen LogP contribution in [0.1, 0.15) is 11.1 Å². The van der Waals surface area contributed by atoms with Crippen molar-refractivity contribution in [3.8, 4) is 0 Å². The number of aromatic nitrogens is 2. The van der Waals surface area contributed by atoms with Gasteiger partial charge in [-0.25, -0.2) is 9.59 Å². The normalized spacial score (nSPS) is 10.8. The molecule has 0 saturated carbocycles. The Labute approximate surface area is 136 Å². The number of para-hydroxylation sites is 2. The van der Waals surface area contributed by atoms with Gasteiger partial charge in [0.05, 0.1) is 17.6 Å². The van der Waals surface area contributed by atoms with E-state index in [0.29, 0.717) is 17.1 Å². The second-order valence-electron chi connectivity index (χ2n) is 5.12. The number of fused-ring (bicyclic) bond motifs is 1. The molecule has 1 aromatic heterocycles. The van der Waals surface area contributed by atoms with E-state index in [9.17, 15) is 9.59 Å². The van der Waals surface area contributed by atoms with Crippen molar-refractivity contribution in [2.24, 2.45) is 0 Å². The Morgan fingerprint density at radius 3 is 2.78 bits per heavy atom. The number of hydrogen-bond acceptors (Lipinski definition) is 2. The Bertz CT molecular complexity index is 930. The van der Waals surface area contributed by atoms with Crippen LogP contribution in [0, 0.1) is 0 Å². The van der Waals surface area contributed by atoms with Crippen LogP contribution < -0.4 is 11.0 Å².